The van der Waals surface area contributed by atoms with Gasteiger partial charge in [-0.25, -0.2) is 0 Å². The van der Waals surface area contributed by atoms with Crippen molar-refractivity contribution in [2.75, 3.05) is 6.54 Å². The van der Waals surface area contributed by atoms with E-state index < -0.39 is 6.10 Å². The predicted octanol–water partition coefficient (Wildman–Crippen LogP) is 2.61. The lowest BCUT2D eigenvalue weighted by Crippen LogP contribution is -2.35. The highest BCUT2D eigenvalue weighted by atomic mass is 16.5. The van der Waals surface area contributed by atoms with E-state index in [0.29, 0.717) is 13.2 Å². The van der Waals surface area contributed by atoms with Gasteiger partial charge in [-0.05, 0) is 38.8 Å². The highest BCUT2D eigenvalue weighted by Crippen LogP contribution is 2.04. The minimum absolute atomic E-state index is 0.0747. The second-order valence-electron chi connectivity index (χ2n) is 5.73. The average Bonchev–Trinajstić information content (AvgIpc) is 2.87. The highest BCUT2D eigenvalue weighted by molar-refractivity contribution is 5.80. The Morgan fingerprint density at radius 1 is 1.30 bits per heavy atom. The molecule has 0 saturated heterocycles. The van der Waals surface area contributed by atoms with Crippen molar-refractivity contribution in [1.82, 2.24) is 15.1 Å². The Kier molecular flexibility index (Phi) is 6.35. The zero-order valence-electron chi connectivity index (χ0n) is 14.1. The molecule has 0 aliphatic carbocycles. The number of hydrogen-bond donors (Lipinski definition) is 1. The molecule has 1 amide bonds. The van der Waals surface area contributed by atoms with E-state index in [1.807, 2.05) is 48.9 Å². The fourth-order valence-corrected chi connectivity index (χ4v) is 2.36. The summed E-state index contributed by atoms with van der Waals surface area (Å²) in [7, 11) is 0. The van der Waals surface area contributed by atoms with Gasteiger partial charge in [0.25, 0.3) is 0 Å². The third-order valence-corrected chi connectivity index (χ3v) is 3.66. The number of aryl methyl sites for hydroxylation is 3. The van der Waals surface area contributed by atoms with Crippen molar-refractivity contribution in [3.63, 3.8) is 0 Å². The Labute approximate surface area is 137 Å². The number of hydrogen-bond acceptors (Lipinski definition) is 3. The number of benzene rings is 1. The number of carbonyl (C=O) groups is 1. The average molecular weight is 315 g/mol. The van der Waals surface area contributed by atoms with Gasteiger partial charge in [-0.3, -0.25) is 9.48 Å². The molecule has 5 heteroatoms. The van der Waals surface area contributed by atoms with Gasteiger partial charge >= 0.3 is 0 Å². The monoisotopic (exact) mass is 315 g/mol. The largest absolute Gasteiger partial charge is 0.364 e. The van der Waals surface area contributed by atoms with E-state index in [4.69, 9.17) is 4.74 Å². The van der Waals surface area contributed by atoms with E-state index in [0.717, 1.165) is 29.9 Å². The van der Waals surface area contributed by atoms with Gasteiger partial charge in [-0.15, -0.1) is 0 Å². The van der Waals surface area contributed by atoms with Crippen LogP contribution in [0, 0.1) is 13.8 Å². The summed E-state index contributed by atoms with van der Waals surface area (Å²) in [5, 5.41) is 7.31. The summed E-state index contributed by atoms with van der Waals surface area (Å²) < 4.78 is 7.57. The van der Waals surface area contributed by atoms with E-state index in [1.54, 1.807) is 6.92 Å². The summed E-state index contributed by atoms with van der Waals surface area (Å²) in [6.07, 6.45) is 0.392. The molecule has 2 rings (SSSR count). The van der Waals surface area contributed by atoms with Crippen LogP contribution in [0.3, 0.4) is 0 Å². The standard InChI is InChI=1S/C18H25N3O2/c1-14-12-15(2)21(20-14)11-7-10-19-18(22)16(3)23-13-17-8-5-4-6-9-17/h4-6,8-9,12,16H,7,10-11,13H2,1-3H3,(H,19,22). The molecule has 0 bridgehead atoms. The van der Waals surface area contributed by atoms with Crippen LogP contribution < -0.4 is 5.32 Å². The Morgan fingerprint density at radius 2 is 2.04 bits per heavy atom. The van der Waals surface area contributed by atoms with E-state index in [-0.39, 0.29) is 5.91 Å². The zero-order chi connectivity index (χ0) is 16.7. The van der Waals surface area contributed by atoms with Crippen molar-refractivity contribution in [3.8, 4) is 0 Å². The molecule has 5 nitrogen and oxygen atoms in total. The minimum Gasteiger partial charge on any atom is -0.364 e. The third-order valence-electron chi connectivity index (χ3n) is 3.66. The molecule has 124 valence electrons. The first kappa shape index (κ1) is 17.2. The molecule has 0 spiro atoms. The van der Waals surface area contributed by atoms with Gasteiger partial charge in [-0.1, -0.05) is 30.3 Å². The summed E-state index contributed by atoms with van der Waals surface area (Å²) in [6, 6.07) is 11.9. The molecule has 0 aliphatic rings. The Bertz CT molecular complexity index is 622. The SMILES string of the molecule is Cc1cc(C)n(CCCNC(=O)C(C)OCc2ccccc2)n1. The molecule has 23 heavy (non-hydrogen) atoms. The first-order valence-electron chi connectivity index (χ1n) is 8.00. The van der Waals surface area contributed by atoms with E-state index in [2.05, 4.69) is 16.5 Å². The quantitative estimate of drug-likeness (QED) is 0.762. The fraction of sp³-hybridized carbons (Fsp3) is 0.444. The zero-order valence-corrected chi connectivity index (χ0v) is 14.1. The normalized spacial score (nSPS) is 12.1. The molecular weight excluding hydrogens is 290 g/mol. The first-order chi connectivity index (χ1) is 11.1. The molecule has 0 radical (unpaired) electrons. The predicted molar refractivity (Wildman–Crippen MR) is 90.0 cm³/mol. The lowest BCUT2D eigenvalue weighted by molar-refractivity contribution is -0.132. The van der Waals surface area contributed by atoms with Crippen LogP contribution in [-0.2, 0) is 22.7 Å². The van der Waals surface area contributed by atoms with Crippen molar-refractivity contribution in [2.45, 2.75) is 46.4 Å². The molecule has 1 N–H and O–H groups in total. The summed E-state index contributed by atoms with van der Waals surface area (Å²) in [5.74, 6) is -0.0747. The second kappa shape index (κ2) is 8.48. The first-order valence-corrected chi connectivity index (χ1v) is 8.00. The maximum atomic E-state index is 12.0. The van der Waals surface area contributed by atoms with Crippen LogP contribution in [0.15, 0.2) is 36.4 Å². The lowest BCUT2D eigenvalue weighted by Gasteiger charge is -2.13. The molecule has 2 aromatic rings. The number of nitrogens with one attached hydrogen (secondary N) is 1. The van der Waals surface area contributed by atoms with Gasteiger partial charge in [-0.2, -0.15) is 5.10 Å². The van der Waals surface area contributed by atoms with Crippen LogP contribution in [0.25, 0.3) is 0 Å². The Balaban J connectivity index is 1.65. The van der Waals surface area contributed by atoms with Gasteiger partial charge in [0.2, 0.25) is 5.91 Å². The summed E-state index contributed by atoms with van der Waals surface area (Å²) >= 11 is 0. The molecule has 1 heterocycles. The molecule has 1 unspecified atom stereocenters. The van der Waals surface area contributed by atoms with E-state index in [1.165, 1.54) is 0 Å². The summed E-state index contributed by atoms with van der Waals surface area (Å²) in [6.45, 7) is 7.67. The number of amides is 1. The van der Waals surface area contributed by atoms with Crippen molar-refractivity contribution in [2.24, 2.45) is 0 Å². The smallest absolute Gasteiger partial charge is 0.248 e. The van der Waals surface area contributed by atoms with Crippen LogP contribution in [0.4, 0.5) is 0 Å². The van der Waals surface area contributed by atoms with E-state index in [9.17, 15) is 4.79 Å². The van der Waals surface area contributed by atoms with Crippen LogP contribution in [-0.4, -0.2) is 28.3 Å². The van der Waals surface area contributed by atoms with E-state index >= 15 is 0 Å². The van der Waals surface area contributed by atoms with Gasteiger partial charge in [0.1, 0.15) is 6.10 Å². The number of carbonyl (C=O) groups excluding carboxylic acids is 1. The molecule has 1 atom stereocenters. The molecule has 0 aliphatic heterocycles. The van der Waals surface area contributed by atoms with Crippen molar-refractivity contribution in [1.29, 1.82) is 0 Å². The molecule has 0 fully saturated rings. The fourth-order valence-electron chi connectivity index (χ4n) is 2.36. The van der Waals surface area contributed by atoms with Crippen molar-refractivity contribution in [3.05, 3.63) is 53.3 Å². The molecule has 0 saturated carbocycles. The minimum atomic E-state index is -0.455. The number of ether oxygens (including phenoxy) is 1. The van der Waals surface area contributed by atoms with Crippen LogP contribution in [0.5, 0.6) is 0 Å². The number of nitrogens with zero attached hydrogens (tertiary/aromatic N) is 2. The Hall–Kier alpha value is -2.14. The van der Waals surface area contributed by atoms with Gasteiger partial charge < -0.3 is 10.1 Å². The Morgan fingerprint density at radius 3 is 2.70 bits per heavy atom. The van der Waals surface area contributed by atoms with Crippen LogP contribution in [0.2, 0.25) is 0 Å². The summed E-state index contributed by atoms with van der Waals surface area (Å²) in [4.78, 5) is 12.0. The third kappa shape index (κ3) is 5.53. The van der Waals surface area contributed by atoms with Crippen molar-refractivity contribution < 1.29 is 9.53 Å². The van der Waals surface area contributed by atoms with Gasteiger partial charge in [0.15, 0.2) is 0 Å². The van der Waals surface area contributed by atoms with Crippen LogP contribution >= 0.6 is 0 Å². The van der Waals surface area contributed by atoms with Gasteiger partial charge in [0, 0.05) is 18.8 Å². The second-order valence-corrected chi connectivity index (χ2v) is 5.73. The maximum absolute atomic E-state index is 12.0. The van der Waals surface area contributed by atoms with Crippen molar-refractivity contribution >= 4 is 5.91 Å². The highest BCUT2D eigenvalue weighted by Gasteiger charge is 2.12. The topological polar surface area (TPSA) is 56.2 Å². The lowest BCUT2D eigenvalue weighted by atomic mass is 10.2. The summed E-state index contributed by atoms with van der Waals surface area (Å²) in [5.41, 5.74) is 3.24. The molecular formula is C18H25N3O2. The number of rotatable bonds is 8. The maximum Gasteiger partial charge on any atom is 0.248 e. The molecule has 1 aromatic carbocycles. The molecule has 1 aromatic heterocycles. The van der Waals surface area contributed by atoms with Gasteiger partial charge in [0.05, 0.1) is 12.3 Å². The van der Waals surface area contributed by atoms with Crippen LogP contribution in [0.1, 0.15) is 30.3 Å². The number of aromatic nitrogens is 2.